The van der Waals surface area contributed by atoms with Crippen molar-refractivity contribution in [3.05, 3.63) is 39.3 Å². The summed E-state index contributed by atoms with van der Waals surface area (Å²) in [6.45, 7) is 3.47. The van der Waals surface area contributed by atoms with Crippen molar-refractivity contribution in [3.8, 4) is 5.75 Å². The number of nitrogens with zero attached hydrogens (tertiary/aromatic N) is 2. The Hall–Kier alpha value is -2.00. The van der Waals surface area contributed by atoms with Gasteiger partial charge in [0.15, 0.2) is 6.10 Å². The van der Waals surface area contributed by atoms with Gasteiger partial charge < -0.3 is 4.74 Å². The summed E-state index contributed by atoms with van der Waals surface area (Å²) in [6.07, 6.45) is -0.176. The van der Waals surface area contributed by atoms with Gasteiger partial charge in [-0.25, -0.2) is 0 Å². The summed E-state index contributed by atoms with van der Waals surface area (Å²) in [6, 6.07) is 7.14. The molecule has 2 N–H and O–H groups in total. The van der Waals surface area contributed by atoms with Crippen LogP contribution in [0.25, 0.3) is 0 Å². The Kier molecular flexibility index (Phi) is 6.05. The second-order valence-electron chi connectivity index (χ2n) is 4.56. The normalized spacial score (nSPS) is 11.6. The smallest absolute Gasteiger partial charge is 0.283 e. The van der Waals surface area contributed by atoms with Gasteiger partial charge in [0, 0.05) is 4.47 Å². The number of amides is 2. The second kappa shape index (κ2) is 8.02. The third-order valence-corrected chi connectivity index (χ3v) is 4.13. The van der Waals surface area contributed by atoms with Crippen LogP contribution in [0.1, 0.15) is 29.2 Å². The van der Waals surface area contributed by atoms with E-state index in [1.165, 1.54) is 0 Å². The predicted molar refractivity (Wildman–Crippen MR) is 89.1 cm³/mol. The second-order valence-corrected chi connectivity index (χ2v) is 6.23. The molecule has 1 atom stereocenters. The largest absolute Gasteiger partial charge is 0.481 e. The maximum atomic E-state index is 12.0. The van der Waals surface area contributed by atoms with Crippen LogP contribution in [0.3, 0.4) is 0 Å². The number of hydrazine groups is 1. The summed E-state index contributed by atoms with van der Waals surface area (Å²) < 4.78 is 10.1. The van der Waals surface area contributed by atoms with Gasteiger partial charge in [0.25, 0.3) is 11.8 Å². The summed E-state index contributed by atoms with van der Waals surface area (Å²) in [7, 11) is 0. The number of nitrogens with one attached hydrogen (secondary N) is 2. The van der Waals surface area contributed by atoms with Crippen LogP contribution in [0, 0.1) is 0 Å². The lowest BCUT2D eigenvalue weighted by molar-refractivity contribution is -0.128. The first-order valence-electron chi connectivity index (χ1n) is 6.85. The maximum absolute atomic E-state index is 12.0. The number of aromatic nitrogens is 2. The molecular weight excluding hydrogens is 384 g/mol. The number of carbonyl (C=O) groups excluding carboxylic acids is 2. The zero-order valence-electron chi connectivity index (χ0n) is 12.5. The lowest BCUT2D eigenvalue weighted by Gasteiger charge is -2.15. The van der Waals surface area contributed by atoms with Crippen molar-refractivity contribution in [3.63, 3.8) is 0 Å². The van der Waals surface area contributed by atoms with E-state index < -0.39 is 17.9 Å². The minimum absolute atomic E-state index is 0.383. The first-order valence-corrected chi connectivity index (χ1v) is 8.41. The van der Waals surface area contributed by atoms with E-state index >= 15 is 0 Å². The van der Waals surface area contributed by atoms with E-state index in [2.05, 4.69) is 36.4 Å². The fraction of sp³-hybridized carbons (Fsp3) is 0.286. The number of halogens is 1. The fourth-order valence-corrected chi connectivity index (χ4v) is 2.71. The van der Waals surface area contributed by atoms with Gasteiger partial charge in [0.2, 0.25) is 0 Å². The molecular formula is C14H15BrN4O3S. The number of rotatable bonds is 5. The van der Waals surface area contributed by atoms with E-state index in [9.17, 15) is 9.59 Å². The Morgan fingerprint density at radius 3 is 2.87 bits per heavy atom. The molecule has 1 heterocycles. The Labute approximate surface area is 145 Å². The van der Waals surface area contributed by atoms with Crippen LogP contribution in [0.15, 0.2) is 28.7 Å². The monoisotopic (exact) mass is 398 g/mol. The molecule has 2 rings (SSSR count). The summed E-state index contributed by atoms with van der Waals surface area (Å²) in [4.78, 5) is 24.3. The van der Waals surface area contributed by atoms with Gasteiger partial charge in [-0.2, -0.15) is 0 Å². The standard InChI is InChI=1S/C14H15BrN4O3S/c1-3-11-12(23-19-16-11)14(21)18-17-13(20)8(2)22-10-6-4-5-9(15)7-10/h4-8H,3H2,1-2H3,(H,17,20)(H,18,21). The molecule has 0 saturated carbocycles. The molecule has 1 aromatic carbocycles. The average molecular weight is 399 g/mol. The quantitative estimate of drug-likeness (QED) is 0.752. The van der Waals surface area contributed by atoms with Crippen molar-refractivity contribution in [2.45, 2.75) is 26.4 Å². The molecule has 9 heteroatoms. The molecule has 0 radical (unpaired) electrons. The van der Waals surface area contributed by atoms with Crippen LogP contribution < -0.4 is 15.6 Å². The highest BCUT2D eigenvalue weighted by molar-refractivity contribution is 9.10. The minimum atomic E-state index is -0.769. The number of benzene rings is 1. The molecule has 1 aromatic heterocycles. The van der Waals surface area contributed by atoms with Crippen molar-refractivity contribution < 1.29 is 14.3 Å². The first kappa shape index (κ1) is 17.4. The van der Waals surface area contributed by atoms with Crippen molar-refractivity contribution in [1.29, 1.82) is 0 Å². The molecule has 0 fully saturated rings. The summed E-state index contributed by atoms with van der Waals surface area (Å²) in [5, 5.41) is 3.85. The van der Waals surface area contributed by atoms with Gasteiger partial charge in [-0.15, -0.1) is 5.10 Å². The van der Waals surface area contributed by atoms with Crippen LogP contribution in [0.5, 0.6) is 5.75 Å². The van der Waals surface area contributed by atoms with Crippen molar-refractivity contribution in [2.24, 2.45) is 0 Å². The number of hydrogen-bond donors (Lipinski definition) is 2. The van der Waals surface area contributed by atoms with Crippen molar-refractivity contribution in [2.75, 3.05) is 0 Å². The summed E-state index contributed by atoms with van der Waals surface area (Å²) in [5.74, 6) is -0.359. The maximum Gasteiger partial charge on any atom is 0.283 e. The van der Waals surface area contributed by atoms with E-state index in [0.29, 0.717) is 22.7 Å². The number of carbonyl (C=O) groups is 2. The van der Waals surface area contributed by atoms with Gasteiger partial charge in [-0.1, -0.05) is 33.4 Å². The number of hydrogen-bond acceptors (Lipinski definition) is 6. The van der Waals surface area contributed by atoms with Gasteiger partial charge in [0.1, 0.15) is 10.6 Å². The molecule has 0 aliphatic heterocycles. The third-order valence-electron chi connectivity index (χ3n) is 2.87. The lowest BCUT2D eigenvalue weighted by atomic mass is 10.3. The molecule has 122 valence electrons. The SMILES string of the molecule is CCc1nnsc1C(=O)NNC(=O)C(C)Oc1cccc(Br)c1. The molecule has 0 bridgehead atoms. The molecule has 2 aromatic rings. The molecule has 1 unspecified atom stereocenters. The van der Waals surface area contributed by atoms with Crippen LogP contribution in [-0.4, -0.2) is 27.5 Å². The molecule has 0 spiro atoms. The Morgan fingerprint density at radius 1 is 1.39 bits per heavy atom. The Morgan fingerprint density at radius 2 is 2.17 bits per heavy atom. The first-order chi connectivity index (χ1) is 11.0. The van der Waals surface area contributed by atoms with Gasteiger partial charge in [-0.3, -0.25) is 20.4 Å². The zero-order chi connectivity index (χ0) is 16.8. The van der Waals surface area contributed by atoms with Crippen LogP contribution in [-0.2, 0) is 11.2 Å². The summed E-state index contributed by atoms with van der Waals surface area (Å²) >= 11 is 4.31. The lowest BCUT2D eigenvalue weighted by Crippen LogP contribution is -2.47. The minimum Gasteiger partial charge on any atom is -0.481 e. The summed E-state index contributed by atoms with van der Waals surface area (Å²) in [5.41, 5.74) is 5.27. The molecule has 7 nitrogen and oxygen atoms in total. The van der Waals surface area contributed by atoms with Crippen LogP contribution in [0.2, 0.25) is 0 Å². The molecule has 2 amide bonds. The highest BCUT2D eigenvalue weighted by Crippen LogP contribution is 2.18. The zero-order valence-corrected chi connectivity index (χ0v) is 14.9. The number of aryl methyl sites for hydroxylation is 1. The van der Waals surface area contributed by atoms with Crippen molar-refractivity contribution in [1.82, 2.24) is 20.4 Å². The molecule has 0 aliphatic carbocycles. The van der Waals surface area contributed by atoms with E-state index in [-0.39, 0.29) is 0 Å². The van der Waals surface area contributed by atoms with E-state index in [4.69, 9.17) is 4.74 Å². The fourth-order valence-electron chi connectivity index (χ4n) is 1.69. The predicted octanol–water partition coefficient (Wildman–Crippen LogP) is 2.09. The highest BCUT2D eigenvalue weighted by atomic mass is 79.9. The Bertz CT molecular complexity index is 707. The third kappa shape index (κ3) is 4.73. The number of ether oxygens (including phenoxy) is 1. The van der Waals surface area contributed by atoms with Crippen molar-refractivity contribution >= 4 is 39.3 Å². The van der Waals surface area contributed by atoms with Crippen LogP contribution >= 0.6 is 27.5 Å². The van der Waals surface area contributed by atoms with E-state index in [1.54, 1.807) is 25.1 Å². The molecule has 0 aliphatic rings. The van der Waals surface area contributed by atoms with E-state index in [0.717, 1.165) is 16.0 Å². The Balaban J connectivity index is 1.88. The molecule has 23 heavy (non-hydrogen) atoms. The van der Waals surface area contributed by atoms with Crippen LogP contribution in [0.4, 0.5) is 0 Å². The highest BCUT2D eigenvalue weighted by Gasteiger charge is 2.18. The topological polar surface area (TPSA) is 93.2 Å². The molecule has 0 saturated heterocycles. The van der Waals surface area contributed by atoms with Gasteiger partial charge in [-0.05, 0) is 43.1 Å². The van der Waals surface area contributed by atoms with Gasteiger partial charge >= 0.3 is 0 Å². The van der Waals surface area contributed by atoms with Gasteiger partial charge in [0.05, 0.1) is 5.69 Å². The average Bonchev–Trinajstić information content (AvgIpc) is 3.00. The van der Waals surface area contributed by atoms with E-state index in [1.807, 2.05) is 13.0 Å².